The van der Waals surface area contributed by atoms with E-state index in [1.54, 1.807) is 30.4 Å². The predicted octanol–water partition coefficient (Wildman–Crippen LogP) is 3.50. The first-order chi connectivity index (χ1) is 11.6. The van der Waals surface area contributed by atoms with Gasteiger partial charge in [0, 0.05) is 17.7 Å². The number of nitro benzene ring substituents is 1. The minimum absolute atomic E-state index is 0.0296. The van der Waals surface area contributed by atoms with Gasteiger partial charge in [-0.2, -0.15) is 0 Å². The Morgan fingerprint density at radius 3 is 2.42 bits per heavy atom. The fourth-order valence-corrected chi connectivity index (χ4v) is 2.08. The van der Waals surface area contributed by atoms with Crippen LogP contribution in [-0.4, -0.2) is 16.8 Å². The molecule has 0 bridgehead atoms. The third-order valence-corrected chi connectivity index (χ3v) is 3.29. The third-order valence-electron chi connectivity index (χ3n) is 3.29. The molecule has 1 aliphatic heterocycles. The van der Waals surface area contributed by atoms with Crippen LogP contribution >= 0.6 is 0 Å². The zero-order valence-electron chi connectivity index (χ0n) is 12.5. The monoisotopic (exact) mass is 320 g/mol. The molecular weight excluding hydrogens is 308 g/mol. The van der Waals surface area contributed by atoms with Crippen LogP contribution in [0.5, 0.6) is 0 Å². The molecule has 3 rings (SSSR count). The van der Waals surface area contributed by atoms with E-state index in [0.717, 1.165) is 11.1 Å². The lowest BCUT2D eigenvalue weighted by Gasteiger charge is -1.97. The van der Waals surface area contributed by atoms with Gasteiger partial charge in [-0.15, -0.1) is 0 Å². The molecule has 2 aromatic carbocycles. The fraction of sp³-hybridized carbons (Fsp3) is 0. The standard InChI is InChI=1S/C18H12N2O4/c21-18-16(19-17(24-18)14-6-2-1-3-7-14)8-4-5-13-9-11-15(12-10-13)20(22)23/h1-12H. The molecule has 1 aliphatic rings. The van der Waals surface area contributed by atoms with E-state index in [0.29, 0.717) is 0 Å². The Labute approximate surface area is 137 Å². The first-order valence-electron chi connectivity index (χ1n) is 7.12. The third kappa shape index (κ3) is 3.44. The van der Waals surface area contributed by atoms with E-state index in [2.05, 4.69) is 4.99 Å². The normalized spacial score (nSPS) is 15.6. The molecule has 0 radical (unpaired) electrons. The molecule has 0 amide bonds. The van der Waals surface area contributed by atoms with Gasteiger partial charge in [-0.25, -0.2) is 9.79 Å². The first kappa shape index (κ1) is 15.4. The second-order valence-corrected chi connectivity index (χ2v) is 4.93. The van der Waals surface area contributed by atoms with E-state index in [1.165, 1.54) is 12.1 Å². The lowest BCUT2D eigenvalue weighted by Crippen LogP contribution is -2.04. The molecule has 0 saturated carbocycles. The average Bonchev–Trinajstić information content (AvgIpc) is 2.97. The van der Waals surface area contributed by atoms with Crippen LogP contribution in [0.2, 0.25) is 0 Å². The van der Waals surface area contributed by atoms with Gasteiger partial charge < -0.3 is 4.74 Å². The number of esters is 1. The van der Waals surface area contributed by atoms with E-state index < -0.39 is 10.9 Å². The smallest absolute Gasteiger partial charge is 0.363 e. The molecule has 24 heavy (non-hydrogen) atoms. The van der Waals surface area contributed by atoms with Gasteiger partial charge in [-0.1, -0.05) is 30.4 Å². The quantitative estimate of drug-likeness (QED) is 0.374. The molecule has 6 heteroatoms. The van der Waals surface area contributed by atoms with Crippen LogP contribution in [0.1, 0.15) is 11.1 Å². The van der Waals surface area contributed by atoms with Crippen molar-refractivity contribution in [1.82, 2.24) is 0 Å². The molecule has 6 nitrogen and oxygen atoms in total. The summed E-state index contributed by atoms with van der Waals surface area (Å²) in [6.45, 7) is 0. The Hall–Kier alpha value is -3.54. The van der Waals surface area contributed by atoms with Crippen molar-refractivity contribution in [3.63, 3.8) is 0 Å². The van der Waals surface area contributed by atoms with Crippen LogP contribution in [0.25, 0.3) is 6.08 Å². The van der Waals surface area contributed by atoms with Crippen molar-refractivity contribution in [2.24, 2.45) is 4.99 Å². The van der Waals surface area contributed by atoms with Gasteiger partial charge in [0.15, 0.2) is 5.70 Å². The molecule has 0 unspecified atom stereocenters. The Kier molecular flexibility index (Phi) is 4.29. The van der Waals surface area contributed by atoms with Crippen LogP contribution in [0.3, 0.4) is 0 Å². The molecular formula is C18H12N2O4. The molecule has 118 valence electrons. The topological polar surface area (TPSA) is 81.8 Å². The highest BCUT2D eigenvalue weighted by Crippen LogP contribution is 2.17. The number of hydrogen-bond donors (Lipinski definition) is 0. The van der Waals surface area contributed by atoms with Gasteiger partial charge in [-0.3, -0.25) is 10.1 Å². The highest BCUT2D eigenvalue weighted by atomic mass is 16.6. The van der Waals surface area contributed by atoms with Crippen molar-refractivity contribution in [2.45, 2.75) is 0 Å². The summed E-state index contributed by atoms with van der Waals surface area (Å²) in [5, 5.41) is 10.6. The number of aliphatic imine (C=N–C) groups is 1. The molecule has 0 spiro atoms. The molecule has 0 N–H and O–H groups in total. The molecule has 1 heterocycles. The van der Waals surface area contributed by atoms with Crippen molar-refractivity contribution in [3.8, 4) is 0 Å². The van der Waals surface area contributed by atoms with Gasteiger partial charge in [0.2, 0.25) is 5.90 Å². The number of benzene rings is 2. The van der Waals surface area contributed by atoms with Gasteiger partial charge in [-0.05, 0) is 35.9 Å². The predicted molar refractivity (Wildman–Crippen MR) is 89.3 cm³/mol. The summed E-state index contributed by atoms with van der Waals surface area (Å²) >= 11 is 0. The summed E-state index contributed by atoms with van der Waals surface area (Å²) in [7, 11) is 0. The number of cyclic esters (lactones) is 1. The van der Waals surface area contributed by atoms with Crippen LogP contribution in [0.15, 0.2) is 77.4 Å². The Morgan fingerprint density at radius 2 is 1.75 bits per heavy atom. The molecule has 0 saturated heterocycles. The number of hydrogen-bond acceptors (Lipinski definition) is 5. The number of carbonyl (C=O) groups is 1. The number of ether oxygens (including phenoxy) is 1. The van der Waals surface area contributed by atoms with Crippen LogP contribution < -0.4 is 0 Å². The van der Waals surface area contributed by atoms with E-state index in [1.807, 2.05) is 30.3 Å². The first-order valence-corrected chi connectivity index (χ1v) is 7.12. The highest BCUT2D eigenvalue weighted by Gasteiger charge is 2.23. The van der Waals surface area contributed by atoms with Crippen molar-refractivity contribution < 1.29 is 14.5 Å². The number of non-ortho nitro benzene ring substituents is 1. The summed E-state index contributed by atoms with van der Waals surface area (Å²) in [5.41, 5.74) is 1.73. The van der Waals surface area contributed by atoms with Crippen molar-refractivity contribution in [3.05, 3.63) is 93.7 Å². The summed E-state index contributed by atoms with van der Waals surface area (Å²) in [6, 6.07) is 15.2. The van der Waals surface area contributed by atoms with Crippen LogP contribution in [-0.2, 0) is 9.53 Å². The number of allylic oxidation sites excluding steroid dienone is 2. The zero-order chi connectivity index (χ0) is 16.9. The zero-order valence-corrected chi connectivity index (χ0v) is 12.5. The fourth-order valence-electron chi connectivity index (χ4n) is 2.08. The van der Waals surface area contributed by atoms with E-state index in [9.17, 15) is 14.9 Å². The second-order valence-electron chi connectivity index (χ2n) is 4.93. The molecule has 0 aliphatic carbocycles. The highest BCUT2D eigenvalue weighted by molar-refractivity contribution is 6.11. The number of nitrogens with zero attached hydrogens (tertiary/aromatic N) is 2. The lowest BCUT2D eigenvalue weighted by molar-refractivity contribution is -0.384. The van der Waals surface area contributed by atoms with Crippen molar-refractivity contribution in [1.29, 1.82) is 0 Å². The number of carbonyl (C=O) groups excluding carboxylic acids is 1. The van der Waals surface area contributed by atoms with Gasteiger partial charge in [0.1, 0.15) is 0 Å². The Bertz CT molecular complexity index is 866. The average molecular weight is 320 g/mol. The van der Waals surface area contributed by atoms with Crippen LogP contribution in [0.4, 0.5) is 5.69 Å². The summed E-state index contributed by atoms with van der Waals surface area (Å²) < 4.78 is 5.14. The maximum Gasteiger partial charge on any atom is 0.363 e. The molecule has 2 aromatic rings. The summed E-state index contributed by atoms with van der Waals surface area (Å²) in [4.78, 5) is 26.1. The van der Waals surface area contributed by atoms with Gasteiger partial charge in [0.05, 0.1) is 4.92 Å². The van der Waals surface area contributed by atoms with Crippen LogP contribution in [0, 0.1) is 10.1 Å². The van der Waals surface area contributed by atoms with Crippen molar-refractivity contribution >= 4 is 23.6 Å². The number of nitro groups is 1. The molecule has 0 fully saturated rings. The minimum atomic E-state index is -0.512. The Balaban J connectivity index is 1.75. The SMILES string of the molecule is O=C1OC(c2ccccc2)=NC1=CC=Cc1ccc([N+](=O)[O-])cc1. The largest absolute Gasteiger partial charge is 0.402 e. The maximum atomic E-state index is 11.8. The lowest BCUT2D eigenvalue weighted by atomic mass is 10.2. The molecule has 0 atom stereocenters. The van der Waals surface area contributed by atoms with E-state index >= 15 is 0 Å². The number of rotatable bonds is 4. The van der Waals surface area contributed by atoms with Gasteiger partial charge >= 0.3 is 5.97 Å². The van der Waals surface area contributed by atoms with Crippen molar-refractivity contribution in [2.75, 3.05) is 0 Å². The second kappa shape index (κ2) is 6.70. The summed E-state index contributed by atoms with van der Waals surface area (Å²) in [5.74, 6) is -0.238. The molecule has 0 aromatic heterocycles. The Morgan fingerprint density at radius 1 is 1.04 bits per heavy atom. The summed E-state index contributed by atoms with van der Waals surface area (Å²) in [6.07, 6.45) is 4.91. The minimum Gasteiger partial charge on any atom is -0.402 e. The van der Waals surface area contributed by atoms with Gasteiger partial charge in [0.25, 0.3) is 5.69 Å². The maximum absolute atomic E-state index is 11.8. The van der Waals surface area contributed by atoms with E-state index in [4.69, 9.17) is 4.74 Å². The van der Waals surface area contributed by atoms with E-state index in [-0.39, 0.29) is 17.3 Å².